The van der Waals surface area contributed by atoms with Crippen molar-refractivity contribution in [2.45, 2.75) is 63.8 Å². The number of rotatable bonds is 10. The van der Waals surface area contributed by atoms with E-state index >= 15 is 0 Å². The van der Waals surface area contributed by atoms with Crippen molar-refractivity contribution in [1.82, 2.24) is 20.8 Å². The number of carbonyl (C=O) groups is 4. The van der Waals surface area contributed by atoms with Gasteiger partial charge in [-0.25, -0.2) is 19.4 Å². The number of ether oxygens (including phenoxy) is 3. The molecule has 3 aliphatic rings. The molecule has 300 valence electrons. The number of hydrogen-bond donors (Lipinski definition) is 4. The van der Waals surface area contributed by atoms with E-state index in [1.54, 1.807) is 63.2 Å². The number of benzene rings is 3. The van der Waals surface area contributed by atoms with Crippen molar-refractivity contribution in [3.8, 4) is 17.2 Å². The summed E-state index contributed by atoms with van der Waals surface area (Å²) in [6.07, 6.45) is 0.810. The van der Waals surface area contributed by atoms with Gasteiger partial charge in [0.25, 0.3) is 11.8 Å². The number of hydrogen-bond acceptors (Lipinski definition) is 11. The normalized spacial score (nSPS) is 19.7. The molecule has 4 amide bonds. The standard InChI is InChI=1S/C40H48N4O11S/c1-25(18-33-19-28(12-17-56(33,51)52)38(47)43-13-15-53-34-20-26(36(45)41-49)4-6-29(34)22-43)24-55-32-10-8-31(9-11-32)40(2,3)39(48)44-14-16-54-35-21-27(37(46)42-50)5-7-30(35)23-44/h4-11,20-21,25,28,33,49-50H,12-19,22-24H2,1-3H3,(H,41,45)(H,42,46). The van der Waals surface area contributed by atoms with Crippen LogP contribution in [0.2, 0.25) is 0 Å². The van der Waals surface area contributed by atoms with Gasteiger partial charge in [0, 0.05) is 41.3 Å². The van der Waals surface area contributed by atoms with Gasteiger partial charge in [-0.15, -0.1) is 0 Å². The van der Waals surface area contributed by atoms with E-state index in [1.165, 1.54) is 6.07 Å². The molecule has 3 heterocycles. The predicted molar refractivity (Wildman–Crippen MR) is 202 cm³/mol. The molecule has 3 aromatic carbocycles. The SMILES string of the molecule is CC(COc1ccc(C(C)(C)C(=O)N2CCOc3cc(C(=O)NO)ccc3C2)cc1)CC1CC(C(=O)N2CCOc3cc(C(=O)NO)ccc3C2)CCS1(=O)=O. The molecule has 0 bridgehead atoms. The average molecular weight is 793 g/mol. The molecular formula is C40H48N4O11S. The van der Waals surface area contributed by atoms with E-state index < -0.39 is 38.2 Å². The fourth-order valence-corrected chi connectivity index (χ4v) is 9.63. The van der Waals surface area contributed by atoms with Gasteiger partial charge < -0.3 is 24.0 Å². The van der Waals surface area contributed by atoms with Gasteiger partial charge >= 0.3 is 0 Å². The van der Waals surface area contributed by atoms with Gasteiger partial charge in [0.1, 0.15) is 30.5 Å². The van der Waals surface area contributed by atoms with E-state index in [4.69, 9.17) is 24.6 Å². The van der Waals surface area contributed by atoms with Crippen LogP contribution in [0, 0.1) is 11.8 Å². The zero-order valence-electron chi connectivity index (χ0n) is 31.7. The van der Waals surface area contributed by atoms with Crippen molar-refractivity contribution in [3.63, 3.8) is 0 Å². The van der Waals surface area contributed by atoms with E-state index in [0.717, 1.165) is 11.1 Å². The fraction of sp³-hybridized carbons (Fsp3) is 0.450. The van der Waals surface area contributed by atoms with Crippen LogP contribution in [-0.2, 0) is 37.9 Å². The van der Waals surface area contributed by atoms with Gasteiger partial charge in [0.2, 0.25) is 11.8 Å². The summed E-state index contributed by atoms with van der Waals surface area (Å²) in [6, 6.07) is 16.8. The van der Waals surface area contributed by atoms with Gasteiger partial charge in [-0.3, -0.25) is 29.6 Å². The van der Waals surface area contributed by atoms with Crippen LogP contribution in [0.3, 0.4) is 0 Å². The average Bonchev–Trinajstić information content (AvgIpc) is 3.55. The van der Waals surface area contributed by atoms with Crippen molar-refractivity contribution in [2.75, 3.05) is 38.7 Å². The molecule has 4 N–H and O–H groups in total. The van der Waals surface area contributed by atoms with Gasteiger partial charge in [-0.1, -0.05) is 31.2 Å². The largest absolute Gasteiger partial charge is 0.493 e. The fourth-order valence-electron chi connectivity index (χ4n) is 7.54. The molecule has 16 heteroatoms. The molecule has 1 fully saturated rings. The molecule has 56 heavy (non-hydrogen) atoms. The number of sulfone groups is 1. The smallest absolute Gasteiger partial charge is 0.274 e. The molecule has 3 atom stereocenters. The summed E-state index contributed by atoms with van der Waals surface area (Å²) in [4.78, 5) is 54.7. The molecule has 0 spiro atoms. The van der Waals surface area contributed by atoms with E-state index in [1.807, 2.05) is 32.9 Å². The Bertz CT molecular complexity index is 2070. The molecule has 0 aliphatic carbocycles. The Morgan fingerprint density at radius 1 is 0.857 bits per heavy atom. The lowest BCUT2D eigenvalue weighted by Crippen LogP contribution is -2.44. The first-order valence-corrected chi connectivity index (χ1v) is 20.3. The Kier molecular flexibility index (Phi) is 12.2. The van der Waals surface area contributed by atoms with Crippen LogP contribution in [0.25, 0.3) is 0 Å². The number of carbonyl (C=O) groups excluding carboxylic acids is 4. The minimum absolute atomic E-state index is 0.0700. The number of amides is 4. The molecule has 6 rings (SSSR count). The first-order chi connectivity index (χ1) is 26.7. The van der Waals surface area contributed by atoms with Gasteiger partial charge in [-0.05, 0) is 81.0 Å². The Morgan fingerprint density at radius 3 is 1.98 bits per heavy atom. The van der Waals surface area contributed by atoms with E-state index in [0.29, 0.717) is 48.9 Å². The van der Waals surface area contributed by atoms with E-state index in [2.05, 4.69) is 0 Å². The van der Waals surface area contributed by atoms with Crippen molar-refractivity contribution in [2.24, 2.45) is 11.8 Å². The van der Waals surface area contributed by atoms with Gasteiger partial charge in [0.15, 0.2) is 9.84 Å². The molecular weight excluding hydrogens is 745 g/mol. The summed E-state index contributed by atoms with van der Waals surface area (Å²) in [5.74, 6) is -0.693. The third-order valence-electron chi connectivity index (χ3n) is 10.9. The molecule has 0 aromatic heterocycles. The first kappa shape index (κ1) is 40.5. The van der Waals surface area contributed by atoms with Crippen LogP contribution in [0.1, 0.15) is 77.4 Å². The molecule has 0 radical (unpaired) electrons. The lowest BCUT2D eigenvalue weighted by atomic mass is 9.83. The van der Waals surface area contributed by atoms with Crippen LogP contribution in [-0.4, -0.2) is 96.2 Å². The third kappa shape index (κ3) is 8.92. The monoisotopic (exact) mass is 792 g/mol. The number of hydroxylamine groups is 2. The second-order valence-electron chi connectivity index (χ2n) is 15.2. The highest BCUT2D eigenvalue weighted by molar-refractivity contribution is 7.92. The zero-order valence-corrected chi connectivity index (χ0v) is 32.5. The van der Waals surface area contributed by atoms with Gasteiger partial charge in [0.05, 0.1) is 36.1 Å². The number of fused-ring (bicyclic) bond motifs is 2. The number of nitrogens with one attached hydrogen (secondary N) is 2. The summed E-state index contributed by atoms with van der Waals surface area (Å²) < 4.78 is 44.1. The maximum atomic E-state index is 13.9. The van der Waals surface area contributed by atoms with E-state index in [9.17, 15) is 27.6 Å². The quantitative estimate of drug-likeness (QED) is 0.173. The summed E-state index contributed by atoms with van der Waals surface area (Å²) in [6.45, 7) is 7.56. The van der Waals surface area contributed by atoms with Crippen molar-refractivity contribution in [1.29, 1.82) is 0 Å². The van der Waals surface area contributed by atoms with E-state index in [-0.39, 0.29) is 73.8 Å². The minimum Gasteiger partial charge on any atom is -0.493 e. The summed E-state index contributed by atoms with van der Waals surface area (Å²) in [5.41, 5.74) is 5.03. The Labute approximate surface area is 325 Å². The predicted octanol–water partition coefficient (Wildman–Crippen LogP) is 3.64. The second-order valence-corrected chi connectivity index (χ2v) is 17.6. The molecule has 15 nitrogen and oxygen atoms in total. The zero-order chi connectivity index (χ0) is 40.2. The maximum absolute atomic E-state index is 13.9. The Balaban J connectivity index is 1.02. The summed E-state index contributed by atoms with van der Waals surface area (Å²) in [5, 5.41) is 17.2. The van der Waals surface area contributed by atoms with Crippen LogP contribution in [0.5, 0.6) is 17.2 Å². The highest BCUT2D eigenvalue weighted by Crippen LogP contribution is 2.34. The number of nitrogens with zero attached hydrogens (tertiary/aromatic N) is 2. The third-order valence-corrected chi connectivity index (χ3v) is 13.1. The van der Waals surface area contributed by atoms with Crippen molar-refractivity contribution >= 4 is 33.5 Å². The minimum atomic E-state index is -3.41. The lowest BCUT2D eigenvalue weighted by molar-refractivity contribution is -0.137. The molecule has 3 aromatic rings. The van der Waals surface area contributed by atoms with Gasteiger partial charge in [-0.2, -0.15) is 0 Å². The first-order valence-electron chi connectivity index (χ1n) is 18.6. The Morgan fingerprint density at radius 2 is 1.41 bits per heavy atom. The van der Waals surface area contributed by atoms with Crippen LogP contribution < -0.4 is 25.2 Å². The molecule has 0 saturated carbocycles. The second kappa shape index (κ2) is 16.9. The lowest BCUT2D eigenvalue weighted by Gasteiger charge is -2.33. The molecule has 3 aliphatic heterocycles. The molecule has 1 saturated heterocycles. The maximum Gasteiger partial charge on any atom is 0.274 e. The topological polar surface area (TPSA) is 201 Å². The Hall–Kier alpha value is -5.19. The summed E-state index contributed by atoms with van der Waals surface area (Å²) in [7, 11) is -3.41. The van der Waals surface area contributed by atoms with Crippen molar-refractivity contribution < 1.29 is 52.2 Å². The van der Waals surface area contributed by atoms with Crippen molar-refractivity contribution in [3.05, 3.63) is 88.5 Å². The molecule has 3 unspecified atom stereocenters. The highest BCUT2D eigenvalue weighted by Gasteiger charge is 2.40. The summed E-state index contributed by atoms with van der Waals surface area (Å²) >= 11 is 0. The van der Waals surface area contributed by atoms with Crippen LogP contribution in [0.15, 0.2) is 60.7 Å². The van der Waals surface area contributed by atoms with Crippen LogP contribution >= 0.6 is 0 Å². The van der Waals surface area contributed by atoms with Crippen LogP contribution in [0.4, 0.5) is 0 Å². The highest BCUT2D eigenvalue weighted by atomic mass is 32.2.